The number of nitrogens with zero attached hydrogens (tertiary/aromatic N) is 7. The summed E-state index contributed by atoms with van der Waals surface area (Å²) in [6.45, 7) is 2.17. The summed E-state index contributed by atoms with van der Waals surface area (Å²) in [4.78, 5) is 13.9. The van der Waals surface area contributed by atoms with Gasteiger partial charge in [-0.15, -0.1) is 5.10 Å². The Morgan fingerprint density at radius 3 is 2.61 bits per heavy atom. The van der Waals surface area contributed by atoms with E-state index >= 15 is 0 Å². The minimum absolute atomic E-state index is 0.187. The first-order valence-electron chi connectivity index (χ1n) is 12.0. The molecule has 0 saturated heterocycles. The average molecular weight is 522 g/mol. The number of aryl methyl sites for hydroxylation is 1. The lowest BCUT2D eigenvalue weighted by atomic mass is 9.85. The van der Waals surface area contributed by atoms with Crippen molar-refractivity contribution in [3.8, 4) is 23.2 Å². The van der Waals surface area contributed by atoms with Crippen LogP contribution in [-0.4, -0.2) is 34.3 Å². The molecule has 186 valence electrons. The molecule has 0 bridgehead atoms. The molecule has 1 aliphatic heterocycles. The summed E-state index contributed by atoms with van der Waals surface area (Å²) >= 11 is 5.98. The zero-order valence-electron chi connectivity index (χ0n) is 20.2. The molecule has 10 heteroatoms. The number of pyridine rings is 1. The van der Waals surface area contributed by atoms with E-state index in [4.69, 9.17) is 31.2 Å². The lowest BCUT2D eigenvalue weighted by molar-refractivity contribution is 0.296. The number of hydrogen-bond acceptors (Lipinski definition) is 7. The number of hydrogen-bond donors (Lipinski definition) is 0. The van der Waals surface area contributed by atoms with Crippen LogP contribution in [0.1, 0.15) is 34.1 Å². The van der Waals surface area contributed by atoms with Crippen molar-refractivity contribution in [2.75, 3.05) is 0 Å². The van der Waals surface area contributed by atoms with Crippen molar-refractivity contribution < 1.29 is 9.47 Å². The van der Waals surface area contributed by atoms with E-state index in [2.05, 4.69) is 15.1 Å². The summed E-state index contributed by atoms with van der Waals surface area (Å²) in [5.74, 6) is 2.01. The quantitative estimate of drug-likeness (QED) is 0.294. The van der Waals surface area contributed by atoms with Crippen LogP contribution in [0.2, 0.25) is 5.02 Å². The molecule has 5 heterocycles. The van der Waals surface area contributed by atoms with Crippen LogP contribution in [0, 0.1) is 6.92 Å². The molecule has 9 nitrogen and oxygen atoms in total. The summed E-state index contributed by atoms with van der Waals surface area (Å²) in [5, 5.41) is 10.1. The van der Waals surface area contributed by atoms with E-state index in [0.717, 1.165) is 28.1 Å². The lowest BCUT2D eigenvalue weighted by Gasteiger charge is -2.26. The third-order valence-corrected chi connectivity index (χ3v) is 6.72. The van der Waals surface area contributed by atoms with Crippen molar-refractivity contribution in [2.45, 2.75) is 19.4 Å². The SMILES string of the molecule is Cc1nn(-c2ccccc2)c2c1[C@H](c1cccnc1)c1c(ncn3nc(COc4ccc(Cl)cc4)nc13)O2. The Morgan fingerprint density at radius 1 is 0.974 bits per heavy atom. The smallest absolute Gasteiger partial charge is 0.230 e. The fourth-order valence-electron chi connectivity index (χ4n) is 4.79. The standard InChI is InChI=1S/C28H20ClN7O2/c1-17-23-24(18-6-5-13-30-14-18)25-26-32-22(15-37-21-11-9-19(29)10-12-21)34-35(26)16-31-27(25)38-28(23)36(33-17)20-7-3-2-4-8-20/h2-14,16,24H,15H2,1H3/t24-/m0/s1. The van der Waals surface area contributed by atoms with E-state index in [1.807, 2.05) is 72.4 Å². The number of halogens is 1. The number of para-hydroxylation sites is 1. The third-order valence-electron chi connectivity index (χ3n) is 6.46. The molecule has 4 aromatic heterocycles. The first-order valence-corrected chi connectivity index (χ1v) is 12.4. The van der Waals surface area contributed by atoms with E-state index < -0.39 is 0 Å². The number of aromatic nitrogens is 7. The second kappa shape index (κ2) is 8.97. The molecule has 6 aromatic rings. The predicted octanol–water partition coefficient (Wildman–Crippen LogP) is 5.53. The van der Waals surface area contributed by atoms with Gasteiger partial charge >= 0.3 is 0 Å². The number of benzene rings is 2. The molecule has 2 aromatic carbocycles. The Labute approximate surface area is 222 Å². The van der Waals surface area contributed by atoms with Gasteiger partial charge in [0.05, 0.1) is 28.4 Å². The van der Waals surface area contributed by atoms with E-state index in [0.29, 0.717) is 34.0 Å². The van der Waals surface area contributed by atoms with Crippen molar-refractivity contribution in [1.82, 2.24) is 34.3 Å². The van der Waals surface area contributed by atoms with Gasteiger partial charge < -0.3 is 9.47 Å². The molecular formula is C28H20ClN7O2. The predicted molar refractivity (Wildman–Crippen MR) is 140 cm³/mol. The molecule has 0 radical (unpaired) electrons. The zero-order valence-corrected chi connectivity index (χ0v) is 20.9. The van der Waals surface area contributed by atoms with Crippen LogP contribution in [-0.2, 0) is 6.61 Å². The maximum absolute atomic E-state index is 6.44. The Bertz CT molecular complexity index is 1770. The normalized spacial score (nSPS) is 14.1. The van der Waals surface area contributed by atoms with Crippen LogP contribution < -0.4 is 9.47 Å². The first kappa shape index (κ1) is 22.4. The fourth-order valence-corrected chi connectivity index (χ4v) is 4.91. The van der Waals surface area contributed by atoms with Crippen LogP contribution in [0.15, 0.2) is 85.5 Å². The summed E-state index contributed by atoms with van der Waals surface area (Å²) in [5.41, 5.74) is 5.09. The van der Waals surface area contributed by atoms with Crippen LogP contribution in [0.25, 0.3) is 11.3 Å². The first-order chi connectivity index (χ1) is 18.7. The van der Waals surface area contributed by atoms with Crippen LogP contribution in [0.4, 0.5) is 0 Å². The number of fused-ring (bicyclic) bond motifs is 4. The molecular weight excluding hydrogens is 502 g/mol. The van der Waals surface area contributed by atoms with Crippen LogP contribution in [0.5, 0.6) is 17.5 Å². The van der Waals surface area contributed by atoms with Crippen molar-refractivity contribution in [2.24, 2.45) is 0 Å². The van der Waals surface area contributed by atoms with Gasteiger partial charge in [-0.2, -0.15) is 5.10 Å². The molecule has 0 spiro atoms. The Morgan fingerprint density at radius 2 is 1.82 bits per heavy atom. The molecule has 0 aliphatic carbocycles. The summed E-state index contributed by atoms with van der Waals surface area (Å²) in [7, 11) is 0. The van der Waals surface area contributed by atoms with Crippen molar-refractivity contribution in [1.29, 1.82) is 0 Å². The highest BCUT2D eigenvalue weighted by Gasteiger charge is 2.38. The highest BCUT2D eigenvalue weighted by atomic mass is 35.5. The fraction of sp³-hybridized carbons (Fsp3) is 0.107. The second-order valence-electron chi connectivity index (χ2n) is 8.88. The number of rotatable bonds is 5. The number of ether oxygens (including phenoxy) is 2. The van der Waals surface area contributed by atoms with Gasteiger partial charge in [-0.25, -0.2) is 19.2 Å². The van der Waals surface area contributed by atoms with Gasteiger partial charge in [-0.3, -0.25) is 4.98 Å². The average Bonchev–Trinajstić information content (AvgIpc) is 3.53. The molecule has 1 atom stereocenters. The molecule has 1 aliphatic rings. The molecule has 0 fully saturated rings. The van der Waals surface area contributed by atoms with Gasteiger partial charge in [-0.05, 0) is 55.0 Å². The van der Waals surface area contributed by atoms with Gasteiger partial charge in [0.2, 0.25) is 11.8 Å². The molecule has 0 N–H and O–H groups in total. The van der Waals surface area contributed by atoms with Gasteiger partial charge in [0, 0.05) is 17.4 Å². The van der Waals surface area contributed by atoms with Crippen LogP contribution in [0.3, 0.4) is 0 Å². The van der Waals surface area contributed by atoms with E-state index in [9.17, 15) is 0 Å². The highest BCUT2D eigenvalue weighted by Crippen LogP contribution is 2.49. The monoisotopic (exact) mass is 521 g/mol. The highest BCUT2D eigenvalue weighted by molar-refractivity contribution is 6.30. The maximum Gasteiger partial charge on any atom is 0.230 e. The lowest BCUT2D eigenvalue weighted by Crippen LogP contribution is -2.16. The Hall–Kier alpha value is -4.76. The van der Waals surface area contributed by atoms with Crippen LogP contribution >= 0.6 is 11.6 Å². The minimum Gasteiger partial charge on any atom is -0.486 e. The molecule has 0 saturated carbocycles. The van der Waals surface area contributed by atoms with E-state index in [-0.39, 0.29) is 12.5 Å². The van der Waals surface area contributed by atoms with E-state index in [1.54, 1.807) is 29.2 Å². The largest absolute Gasteiger partial charge is 0.486 e. The second-order valence-corrected chi connectivity index (χ2v) is 9.31. The Kier molecular flexibility index (Phi) is 5.29. The summed E-state index contributed by atoms with van der Waals surface area (Å²) in [6, 6.07) is 21.0. The van der Waals surface area contributed by atoms with Crippen molar-refractivity contribution in [3.63, 3.8) is 0 Å². The Balaban J connectivity index is 1.36. The minimum atomic E-state index is -0.259. The third kappa shape index (κ3) is 3.75. The van der Waals surface area contributed by atoms with Gasteiger partial charge in [-0.1, -0.05) is 35.9 Å². The van der Waals surface area contributed by atoms with E-state index in [1.165, 1.54) is 0 Å². The summed E-state index contributed by atoms with van der Waals surface area (Å²) in [6.07, 6.45) is 5.22. The molecule has 7 rings (SSSR count). The summed E-state index contributed by atoms with van der Waals surface area (Å²) < 4.78 is 15.8. The van der Waals surface area contributed by atoms with Crippen molar-refractivity contribution >= 4 is 17.2 Å². The molecule has 0 unspecified atom stereocenters. The molecule has 38 heavy (non-hydrogen) atoms. The van der Waals surface area contributed by atoms with Gasteiger partial charge in [0.1, 0.15) is 18.7 Å². The topological polar surface area (TPSA) is 92.3 Å². The van der Waals surface area contributed by atoms with Crippen molar-refractivity contribution in [3.05, 3.63) is 119 Å². The van der Waals surface area contributed by atoms with Gasteiger partial charge in [0.15, 0.2) is 11.5 Å². The zero-order chi connectivity index (χ0) is 25.6. The maximum atomic E-state index is 6.44. The van der Waals surface area contributed by atoms with Gasteiger partial charge in [0.25, 0.3) is 0 Å². The molecule has 0 amide bonds.